The molecule has 0 spiro atoms. The van der Waals surface area contributed by atoms with Crippen molar-refractivity contribution in [3.8, 4) is 0 Å². The molecule has 0 heterocycles. The second-order valence-electron chi connectivity index (χ2n) is 3.03. The first-order chi connectivity index (χ1) is 7.70. The molecule has 1 atom stereocenters. The van der Waals surface area contributed by atoms with E-state index in [1.807, 2.05) is 0 Å². The van der Waals surface area contributed by atoms with Gasteiger partial charge in [0.05, 0.1) is 6.61 Å². The van der Waals surface area contributed by atoms with Crippen molar-refractivity contribution in [2.45, 2.75) is 23.9 Å². The highest BCUT2D eigenvalue weighted by atomic mass is 127. The molecule has 108 valence electrons. The van der Waals surface area contributed by atoms with Crippen LogP contribution in [-0.2, 0) is 0 Å². The van der Waals surface area contributed by atoms with Crippen LogP contribution in [0.5, 0.6) is 0 Å². The minimum absolute atomic E-state index is 0.809. The molecule has 0 aromatic rings. The van der Waals surface area contributed by atoms with Crippen LogP contribution in [0.4, 0.5) is 39.5 Å². The molecule has 0 rings (SSSR count). The standard InChI is InChI=1S/C7H4F9IO/c8-4(6(11,12)13,1-3(17)2-18)5(9,10)7(14,15)16/h1,18H,2H2. The molecule has 18 heavy (non-hydrogen) atoms. The number of alkyl halides is 9. The Hall–Kier alpha value is -0.200. The molecular formula is C7H4F9IO. The summed E-state index contributed by atoms with van der Waals surface area (Å²) in [5.41, 5.74) is -5.95. The monoisotopic (exact) mass is 402 g/mol. The third kappa shape index (κ3) is 3.03. The minimum atomic E-state index is -6.74. The largest absolute Gasteiger partial charge is 0.457 e. The lowest BCUT2D eigenvalue weighted by molar-refractivity contribution is -0.369. The zero-order chi connectivity index (χ0) is 15.0. The van der Waals surface area contributed by atoms with Gasteiger partial charge in [-0.05, 0) is 28.7 Å². The van der Waals surface area contributed by atoms with E-state index in [2.05, 4.69) is 0 Å². The number of aliphatic hydroxyl groups excluding tert-OH is 1. The van der Waals surface area contributed by atoms with Crippen LogP contribution in [0.3, 0.4) is 0 Å². The Morgan fingerprint density at radius 3 is 1.50 bits per heavy atom. The van der Waals surface area contributed by atoms with Gasteiger partial charge in [0.15, 0.2) is 0 Å². The van der Waals surface area contributed by atoms with Crippen LogP contribution < -0.4 is 0 Å². The lowest BCUT2D eigenvalue weighted by atomic mass is 9.95. The summed E-state index contributed by atoms with van der Waals surface area (Å²) < 4.78 is 109. The zero-order valence-electron chi connectivity index (χ0n) is 8.01. The molecule has 0 aliphatic rings. The van der Waals surface area contributed by atoms with Gasteiger partial charge in [-0.15, -0.1) is 0 Å². The maximum absolute atomic E-state index is 13.2. The molecule has 0 saturated heterocycles. The Balaban J connectivity index is 5.97. The minimum Gasteiger partial charge on any atom is -0.391 e. The normalized spacial score (nSPS) is 18.7. The van der Waals surface area contributed by atoms with Crippen LogP contribution >= 0.6 is 22.6 Å². The van der Waals surface area contributed by atoms with Gasteiger partial charge in [-0.25, -0.2) is 4.39 Å². The molecule has 1 unspecified atom stereocenters. The van der Waals surface area contributed by atoms with Gasteiger partial charge in [-0.2, -0.15) is 35.1 Å². The molecule has 11 heteroatoms. The van der Waals surface area contributed by atoms with Crippen molar-refractivity contribution in [2.24, 2.45) is 0 Å². The van der Waals surface area contributed by atoms with Gasteiger partial charge < -0.3 is 5.11 Å². The van der Waals surface area contributed by atoms with Gasteiger partial charge in [-0.3, -0.25) is 0 Å². The summed E-state index contributed by atoms with van der Waals surface area (Å²) in [5.74, 6) is -6.68. The average molecular weight is 402 g/mol. The summed E-state index contributed by atoms with van der Waals surface area (Å²) in [5, 5.41) is 8.30. The average Bonchev–Trinajstić information content (AvgIpc) is 2.13. The molecule has 0 radical (unpaired) electrons. The molecular weight excluding hydrogens is 398 g/mol. The van der Waals surface area contributed by atoms with E-state index in [1.54, 1.807) is 0 Å². The van der Waals surface area contributed by atoms with Crippen molar-refractivity contribution < 1.29 is 44.6 Å². The van der Waals surface area contributed by atoms with Crippen LogP contribution in [0, 0.1) is 0 Å². The Bertz CT molecular complexity index is 331. The number of hydrogen-bond donors (Lipinski definition) is 1. The summed E-state index contributed by atoms with van der Waals surface area (Å²) in [7, 11) is 0. The second kappa shape index (κ2) is 5.06. The maximum Gasteiger partial charge on any atom is 0.457 e. The highest BCUT2D eigenvalue weighted by Gasteiger charge is 2.80. The second-order valence-corrected chi connectivity index (χ2v) is 4.42. The number of allylic oxidation sites excluding steroid dienone is 1. The number of aliphatic hydroxyl groups is 1. The van der Waals surface area contributed by atoms with Gasteiger partial charge in [0.2, 0.25) is 0 Å². The predicted molar refractivity (Wildman–Crippen MR) is 50.1 cm³/mol. The fourth-order valence-electron chi connectivity index (χ4n) is 0.818. The molecule has 0 amide bonds. The highest BCUT2D eigenvalue weighted by Crippen LogP contribution is 2.53. The Morgan fingerprint density at radius 1 is 0.889 bits per heavy atom. The van der Waals surface area contributed by atoms with Crippen molar-refractivity contribution in [3.05, 3.63) is 9.66 Å². The summed E-state index contributed by atoms with van der Waals surface area (Å²) in [6.07, 6.45) is -14.2. The third-order valence-electron chi connectivity index (χ3n) is 1.73. The number of rotatable bonds is 3. The van der Waals surface area contributed by atoms with Crippen LogP contribution in [0.25, 0.3) is 0 Å². The van der Waals surface area contributed by atoms with Crippen LogP contribution in [0.2, 0.25) is 0 Å². The summed E-state index contributed by atoms with van der Waals surface area (Å²) in [6, 6.07) is 0. The first-order valence-electron chi connectivity index (χ1n) is 3.89. The van der Waals surface area contributed by atoms with Crippen molar-refractivity contribution in [1.82, 2.24) is 0 Å². The molecule has 0 aliphatic carbocycles. The first kappa shape index (κ1) is 17.8. The van der Waals surface area contributed by atoms with Crippen LogP contribution in [0.15, 0.2) is 9.66 Å². The van der Waals surface area contributed by atoms with E-state index in [0.717, 1.165) is 22.6 Å². The molecule has 0 aliphatic heterocycles. The van der Waals surface area contributed by atoms with Gasteiger partial charge in [0, 0.05) is 3.58 Å². The number of hydrogen-bond acceptors (Lipinski definition) is 1. The van der Waals surface area contributed by atoms with Crippen molar-refractivity contribution in [1.29, 1.82) is 0 Å². The fraction of sp³-hybridized carbons (Fsp3) is 0.714. The van der Waals surface area contributed by atoms with Crippen LogP contribution in [0.1, 0.15) is 0 Å². The van der Waals surface area contributed by atoms with Gasteiger partial charge in [-0.1, -0.05) is 0 Å². The molecule has 0 aromatic heterocycles. The Labute approximate surface area is 108 Å². The van der Waals surface area contributed by atoms with E-state index in [-0.39, 0.29) is 0 Å². The topological polar surface area (TPSA) is 20.2 Å². The molecule has 1 N–H and O–H groups in total. The van der Waals surface area contributed by atoms with Crippen LogP contribution in [-0.4, -0.2) is 35.7 Å². The van der Waals surface area contributed by atoms with Gasteiger partial charge in [0.25, 0.3) is 5.67 Å². The summed E-state index contributed by atoms with van der Waals surface area (Å²) in [6.45, 7) is -1.31. The molecule has 0 saturated carbocycles. The highest BCUT2D eigenvalue weighted by molar-refractivity contribution is 14.1. The van der Waals surface area contributed by atoms with E-state index in [9.17, 15) is 39.5 Å². The zero-order valence-corrected chi connectivity index (χ0v) is 10.2. The summed E-state index contributed by atoms with van der Waals surface area (Å²) >= 11 is 0.809. The molecule has 0 fully saturated rings. The maximum atomic E-state index is 13.2. The third-order valence-corrected chi connectivity index (χ3v) is 2.38. The van der Waals surface area contributed by atoms with E-state index in [0.29, 0.717) is 0 Å². The molecule has 0 aromatic carbocycles. The number of halogens is 10. The Kier molecular flexibility index (Phi) is 5.00. The van der Waals surface area contributed by atoms with E-state index >= 15 is 0 Å². The van der Waals surface area contributed by atoms with E-state index < -0.39 is 40.2 Å². The lowest BCUT2D eigenvalue weighted by Gasteiger charge is -2.33. The SMILES string of the molecule is OCC(I)=CC(F)(C(F)(F)F)C(F)(F)C(F)(F)F. The first-order valence-corrected chi connectivity index (χ1v) is 4.97. The van der Waals surface area contributed by atoms with Crippen molar-refractivity contribution in [2.75, 3.05) is 6.61 Å². The smallest absolute Gasteiger partial charge is 0.391 e. The van der Waals surface area contributed by atoms with E-state index in [1.165, 1.54) is 0 Å². The van der Waals surface area contributed by atoms with Crippen molar-refractivity contribution in [3.63, 3.8) is 0 Å². The predicted octanol–water partition coefficient (Wildman–Crippen LogP) is 3.77. The Morgan fingerprint density at radius 2 is 1.28 bits per heavy atom. The fourth-order valence-corrected chi connectivity index (χ4v) is 1.25. The van der Waals surface area contributed by atoms with Crippen molar-refractivity contribution >= 4 is 22.6 Å². The molecule has 0 bridgehead atoms. The van der Waals surface area contributed by atoms with Gasteiger partial charge >= 0.3 is 18.3 Å². The quantitative estimate of drug-likeness (QED) is 0.563. The lowest BCUT2D eigenvalue weighted by Crippen LogP contribution is -2.61. The van der Waals surface area contributed by atoms with Gasteiger partial charge in [0.1, 0.15) is 0 Å². The van der Waals surface area contributed by atoms with E-state index in [4.69, 9.17) is 5.11 Å². The summed E-state index contributed by atoms with van der Waals surface area (Å²) in [4.78, 5) is 0. The molecule has 1 nitrogen and oxygen atoms in total.